The molecule has 0 bridgehead atoms. The van der Waals surface area contributed by atoms with Crippen LogP contribution in [0.3, 0.4) is 0 Å². The van der Waals surface area contributed by atoms with Crippen LogP contribution in [0.15, 0.2) is 53.4 Å². The Hall–Kier alpha value is -2.80. The summed E-state index contributed by atoms with van der Waals surface area (Å²) in [4.78, 5) is 25.9. The summed E-state index contributed by atoms with van der Waals surface area (Å²) in [5.74, 6) is -0.112. The maximum absolute atomic E-state index is 13.2. The molecule has 0 unspecified atom stereocenters. The third-order valence-electron chi connectivity index (χ3n) is 3.53. The highest BCUT2D eigenvalue weighted by molar-refractivity contribution is 8.18. The van der Waals surface area contributed by atoms with Gasteiger partial charge in [0.15, 0.2) is 0 Å². The third-order valence-corrected chi connectivity index (χ3v) is 4.44. The van der Waals surface area contributed by atoms with E-state index in [0.717, 1.165) is 22.2 Å². The van der Waals surface area contributed by atoms with Gasteiger partial charge in [0, 0.05) is 5.69 Å². The molecule has 0 spiro atoms. The van der Waals surface area contributed by atoms with Gasteiger partial charge in [0.2, 0.25) is 0 Å². The van der Waals surface area contributed by atoms with E-state index in [0.29, 0.717) is 16.3 Å². The van der Waals surface area contributed by atoms with E-state index in [4.69, 9.17) is 4.74 Å². The van der Waals surface area contributed by atoms with Crippen molar-refractivity contribution in [1.29, 1.82) is 0 Å². The van der Waals surface area contributed by atoms with Gasteiger partial charge in [-0.15, -0.1) is 0 Å². The number of thioether (sulfide) groups is 1. The zero-order valence-corrected chi connectivity index (χ0v) is 14.2. The van der Waals surface area contributed by atoms with Crippen molar-refractivity contribution in [2.45, 2.75) is 0 Å². The average Bonchev–Trinajstić information content (AvgIpc) is 2.87. The van der Waals surface area contributed by atoms with E-state index in [2.05, 4.69) is 5.32 Å². The number of nitrogens with zero attached hydrogens (tertiary/aromatic N) is 1. The number of hydrogen-bond donors (Lipinski definition) is 1. The summed E-state index contributed by atoms with van der Waals surface area (Å²) in [6, 6.07) is 13.0. The number of halogens is 1. The van der Waals surface area contributed by atoms with Gasteiger partial charge in [0.1, 0.15) is 11.6 Å². The molecular formula is C18H15FN2O3S. The van der Waals surface area contributed by atoms with E-state index in [1.54, 1.807) is 43.5 Å². The molecule has 5 nitrogen and oxygen atoms in total. The highest BCUT2D eigenvalue weighted by Crippen LogP contribution is 2.32. The van der Waals surface area contributed by atoms with Crippen molar-refractivity contribution in [3.05, 3.63) is 64.8 Å². The van der Waals surface area contributed by atoms with E-state index in [1.165, 1.54) is 12.1 Å². The van der Waals surface area contributed by atoms with Crippen molar-refractivity contribution in [1.82, 2.24) is 4.90 Å². The fourth-order valence-electron chi connectivity index (χ4n) is 2.29. The van der Waals surface area contributed by atoms with Gasteiger partial charge < -0.3 is 10.1 Å². The van der Waals surface area contributed by atoms with Gasteiger partial charge in [-0.1, -0.05) is 18.2 Å². The van der Waals surface area contributed by atoms with Crippen molar-refractivity contribution in [3.8, 4) is 5.75 Å². The molecule has 128 valence electrons. The fraction of sp³-hybridized carbons (Fsp3) is 0.111. The predicted molar refractivity (Wildman–Crippen MR) is 95.7 cm³/mol. The SMILES string of the molecule is COc1cccc(/C=C2/SC(=O)N(CNc3cccc(F)c3)C2=O)c1. The molecule has 2 aromatic carbocycles. The van der Waals surface area contributed by atoms with Crippen LogP contribution >= 0.6 is 11.8 Å². The lowest BCUT2D eigenvalue weighted by molar-refractivity contribution is -0.122. The molecule has 1 fully saturated rings. The Morgan fingerprint density at radius 1 is 1.20 bits per heavy atom. The number of methoxy groups -OCH3 is 1. The first-order chi connectivity index (χ1) is 12.1. The normalized spacial score (nSPS) is 15.8. The van der Waals surface area contributed by atoms with Gasteiger partial charge in [-0.3, -0.25) is 14.5 Å². The van der Waals surface area contributed by atoms with E-state index >= 15 is 0 Å². The van der Waals surface area contributed by atoms with Crippen LogP contribution in [0, 0.1) is 5.82 Å². The lowest BCUT2D eigenvalue weighted by Gasteiger charge is -2.14. The minimum Gasteiger partial charge on any atom is -0.497 e. The van der Waals surface area contributed by atoms with Gasteiger partial charge in [-0.2, -0.15) is 0 Å². The van der Waals surface area contributed by atoms with Crippen molar-refractivity contribution in [2.75, 3.05) is 19.1 Å². The minimum absolute atomic E-state index is 0.0242. The molecule has 1 aliphatic rings. The van der Waals surface area contributed by atoms with Crippen LogP contribution in [-0.4, -0.2) is 29.8 Å². The van der Waals surface area contributed by atoms with Crippen LogP contribution in [0.25, 0.3) is 6.08 Å². The number of carbonyl (C=O) groups is 2. The van der Waals surface area contributed by atoms with Gasteiger partial charge in [0.25, 0.3) is 11.1 Å². The van der Waals surface area contributed by atoms with Crippen molar-refractivity contribution in [3.63, 3.8) is 0 Å². The first-order valence-corrected chi connectivity index (χ1v) is 8.27. The predicted octanol–water partition coefficient (Wildman–Crippen LogP) is 3.94. The van der Waals surface area contributed by atoms with E-state index < -0.39 is 5.82 Å². The van der Waals surface area contributed by atoms with E-state index in [1.807, 2.05) is 6.07 Å². The molecule has 1 saturated heterocycles. The molecule has 0 aromatic heterocycles. The van der Waals surface area contributed by atoms with Crippen molar-refractivity contribution >= 4 is 34.7 Å². The van der Waals surface area contributed by atoms with Gasteiger partial charge in [0.05, 0.1) is 18.7 Å². The van der Waals surface area contributed by atoms with Gasteiger partial charge >= 0.3 is 0 Å². The molecule has 0 atom stereocenters. The second-order valence-electron chi connectivity index (χ2n) is 5.23. The number of imide groups is 1. The van der Waals surface area contributed by atoms with Crippen LogP contribution in [0.5, 0.6) is 5.75 Å². The summed E-state index contributed by atoms with van der Waals surface area (Å²) in [5.41, 5.74) is 1.26. The number of amides is 2. The smallest absolute Gasteiger partial charge is 0.295 e. The van der Waals surface area contributed by atoms with E-state index in [9.17, 15) is 14.0 Å². The lowest BCUT2D eigenvalue weighted by atomic mass is 10.2. The Morgan fingerprint density at radius 3 is 2.76 bits per heavy atom. The number of carbonyl (C=O) groups excluding carboxylic acids is 2. The second-order valence-corrected chi connectivity index (χ2v) is 6.22. The topological polar surface area (TPSA) is 58.6 Å². The van der Waals surface area contributed by atoms with Gasteiger partial charge in [-0.05, 0) is 53.7 Å². The quantitative estimate of drug-likeness (QED) is 0.821. The largest absolute Gasteiger partial charge is 0.497 e. The number of benzene rings is 2. The van der Waals surface area contributed by atoms with Crippen LogP contribution in [0.4, 0.5) is 14.9 Å². The molecule has 1 N–H and O–H groups in total. The molecule has 1 heterocycles. The monoisotopic (exact) mass is 358 g/mol. The molecule has 0 radical (unpaired) electrons. The summed E-state index contributed by atoms with van der Waals surface area (Å²) in [7, 11) is 1.56. The zero-order valence-electron chi connectivity index (χ0n) is 13.4. The summed E-state index contributed by atoms with van der Waals surface area (Å²) in [6.45, 7) is -0.0242. The Labute approximate surface area is 148 Å². The minimum atomic E-state index is -0.392. The molecule has 0 aliphatic carbocycles. The van der Waals surface area contributed by atoms with Crippen molar-refractivity contribution in [2.24, 2.45) is 0 Å². The molecule has 7 heteroatoms. The van der Waals surface area contributed by atoms with Crippen LogP contribution in [0.2, 0.25) is 0 Å². The summed E-state index contributed by atoms with van der Waals surface area (Å²) in [6.07, 6.45) is 1.65. The number of ether oxygens (including phenoxy) is 1. The summed E-state index contributed by atoms with van der Waals surface area (Å²) in [5, 5.41) is 2.50. The summed E-state index contributed by atoms with van der Waals surface area (Å²) < 4.78 is 18.3. The first kappa shape index (κ1) is 17.0. The van der Waals surface area contributed by atoms with Crippen LogP contribution in [-0.2, 0) is 4.79 Å². The maximum atomic E-state index is 13.2. The molecule has 3 rings (SSSR count). The standard InChI is InChI=1S/C18H15FN2O3S/c1-24-15-7-2-4-12(8-15)9-16-17(22)21(18(23)25-16)11-20-14-6-3-5-13(19)10-14/h2-10,20H,11H2,1H3/b16-9+. The van der Waals surface area contributed by atoms with Crippen LogP contribution in [0.1, 0.15) is 5.56 Å². The zero-order chi connectivity index (χ0) is 17.8. The van der Waals surface area contributed by atoms with Gasteiger partial charge in [-0.25, -0.2) is 4.39 Å². The average molecular weight is 358 g/mol. The Balaban J connectivity index is 1.72. The molecule has 25 heavy (non-hydrogen) atoms. The second kappa shape index (κ2) is 7.40. The molecule has 2 aromatic rings. The Morgan fingerprint density at radius 2 is 2.00 bits per heavy atom. The highest BCUT2D eigenvalue weighted by atomic mass is 32.2. The molecule has 0 saturated carbocycles. The van der Waals surface area contributed by atoms with Crippen molar-refractivity contribution < 1.29 is 18.7 Å². The van der Waals surface area contributed by atoms with E-state index in [-0.39, 0.29) is 17.8 Å². The number of anilines is 1. The lowest BCUT2D eigenvalue weighted by Crippen LogP contribution is -2.33. The molecule has 2 amide bonds. The number of rotatable bonds is 5. The number of nitrogens with one attached hydrogen (secondary N) is 1. The third kappa shape index (κ3) is 4.00. The van der Waals surface area contributed by atoms with Crippen LogP contribution < -0.4 is 10.1 Å². The fourth-order valence-corrected chi connectivity index (χ4v) is 3.13. The number of hydrogen-bond acceptors (Lipinski definition) is 5. The maximum Gasteiger partial charge on any atom is 0.295 e. The Kier molecular flexibility index (Phi) is 5.04. The summed E-state index contributed by atoms with van der Waals surface area (Å²) >= 11 is 0.872. The molecule has 1 aliphatic heterocycles. The first-order valence-electron chi connectivity index (χ1n) is 7.45. The molecular weight excluding hydrogens is 343 g/mol. The Bertz CT molecular complexity index is 854. The highest BCUT2D eigenvalue weighted by Gasteiger charge is 2.34.